The molecule has 0 aromatic rings. The van der Waals surface area contributed by atoms with Crippen LogP contribution in [0.4, 0.5) is 0 Å². The zero-order valence-electron chi connectivity index (χ0n) is 14.8. The van der Waals surface area contributed by atoms with Crippen LogP contribution < -0.4 is 5.32 Å². The minimum absolute atomic E-state index is 1.10. The fraction of sp³-hybridized carbons (Fsp3) is 1.00. The lowest BCUT2D eigenvalue weighted by Crippen LogP contribution is -2.49. The molecular weight excluding hydrogens is 262 g/mol. The van der Waals surface area contributed by atoms with Crippen LogP contribution in [0, 0.1) is 0 Å². The normalized spacial score (nSPS) is 18.0. The zero-order valence-corrected chi connectivity index (χ0v) is 14.8. The van der Waals surface area contributed by atoms with Crippen molar-refractivity contribution in [2.75, 3.05) is 92.6 Å². The highest BCUT2D eigenvalue weighted by molar-refractivity contribution is 4.73. The molecule has 5 nitrogen and oxygen atoms in total. The average molecular weight is 300 g/mol. The Morgan fingerprint density at radius 1 is 0.762 bits per heavy atom. The molecule has 21 heavy (non-hydrogen) atoms. The molecule has 1 heterocycles. The van der Waals surface area contributed by atoms with E-state index in [1.807, 2.05) is 0 Å². The van der Waals surface area contributed by atoms with Crippen molar-refractivity contribution in [1.82, 2.24) is 24.9 Å². The Balaban J connectivity index is 1.98. The lowest BCUT2D eigenvalue weighted by Gasteiger charge is -2.35. The maximum absolute atomic E-state index is 3.55. The van der Waals surface area contributed by atoms with Gasteiger partial charge >= 0.3 is 0 Å². The van der Waals surface area contributed by atoms with Gasteiger partial charge in [0.05, 0.1) is 0 Å². The van der Waals surface area contributed by atoms with E-state index >= 15 is 0 Å². The summed E-state index contributed by atoms with van der Waals surface area (Å²) in [6.07, 6.45) is 0. The summed E-state index contributed by atoms with van der Waals surface area (Å²) < 4.78 is 0. The molecular formula is C16H37N5. The van der Waals surface area contributed by atoms with Crippen molar-refractivity contribution in [3.05, 3.63) is 0 Å². The smallest absolute Gasteiger partial charge is 0.0110 e. The molecule has 0 amide bonds. The van der Waals surface area contributed by atoms with Crippen LogP contribution in [0.2, 0.25) is 0 Å². The highest BCUT2D eigenvalue weighted by atomic mass is 15.3. The highest BCUT2D eigenvalue weighted by Gasteiger charge is 2.16. The van der Waals surface area contributed by atoms with Gasteiger partial charge in [0.1, 0.15) is 0 Å². The van der Waals surface area contributed by atoms with E-state index in [1.54, 1.807) is 0 Å². The third-order valence-electron chi connectivity index (χ3n) is 4.62. The molecule has 1 fully saturated rings. The van der Waals surface area contributed by atoms with Gasteiger partial charge in [-0.15, -0.1) is 0 Å². The van der Waals surface area contributed by atoms with Gasteiger partial charge in [0.25, 0.3) is 0 Å². The summed E-state index contributed by atoms with van der Waals surface area (Å²) in [7, 11) is 4.38. The van der Waals surface area contributed by atoms with Gasteiger partial charge in [-0.25, -0.2) is 0 Å². The maximum atomic E-state index is 3.55. The quantitative estimate of drug-likeness (QED) is 0.546. The lowest BCUT2D eigenvalue weighted by atomic mass is 10.3. The van der Waals surface area contributed by atoms with Gasteiger partial charge in [-0.3, -0.25) is 9.80 Å². The topological polar surface area (TPSA) is 25.0 Å². The fourth-order valence-corrected chi connectivity index (χ4v) is 2.50. The molecule has 0 bridgehead atoms. The summed E-state index contributed by atoms with van der Waals surface area (Å²) in [4.78, 5) is 9.94. The van der Waals surface area contributed by atoms with E-state index in [4.69, 9.17) is 0 Å². The van der Waals surface area contributed by atoms with Crippen LogP contribution in [-0.2, 0) is 0 Å². The first kappa shape index (κ1) is 18.8. The number of nitrogens with one attached hydrogen (secondary N) is 1. The summed E-state index contributed by atoms with van der Waals surface area (Å²) in [5.41, 5.74) is 0. The van der Waals surface area contributed by atoms with Crippen LogP contribution in [0.5, 0.6) is 0 Å². The van der Waals surface area contributed by atoms with Crippen molar-refractivity contribution in [3.63, 3.8) is 0 Å². The number of rotatable bonds is 11. The number of hydrogen-bond donors (Lipinski definition) is 1. The molecule has 1 saturated heterocycles. The summed E-state index contributed by atoms with van der Waals surface area (Å²) in [6.45, 7) is 18.6. The monoisotopic (exact) mass is 299 g/mol. The Labute approximate surface area is 132 Å². The molecule has 0 radical (unpaired) electrons. The van der Waals surface area contributed by atoms with E-state index in [1.165, 1.54) is 45.8 Å². The molecule has 1 N–H and O–H groups in total. The van der Waals surface area contributed by atoms with Crippen molar-refractivity contribution < 1.29 is 0 Å². The Kier molecular flexibility index (Phi) is 10.2. The van der Waals surface area contributed by atoms with Gasteiger partial charge in [-0.2, -0.15) is 0 Å². The second-order valence-electron chi connectivity index (χ2n) is 6.23. The first-order valence-electron chi connectivity index (χ1n) is 8.68. The summed E-state index contributed by atoms with van der Waals surface area (Å²) in [6, 6.07) is 0. The van der Waals surface area contributed by atoms with E-state index < -0.39 is 0 Å². The van der Waals surface area contributed by atoms with Gasteiger partial charge in [0.2, 0.25) is 0 Å². The molecule has 0 aliphatic carbocycles. The summed E-state index contributed by atoms with van der Waals surface area (Å²) in [5, 5.41) is 3.55. The highest BCUT2D eigenvalue weighted by Crippen LogP contribution is 2.01. The van der Waals surface area contributed by atoms with Crippen LogP contribution in [0.25, 0.3) is 0 Å². The van der Waals surface area contributed by atoms with Crippen LogP contribution in [0.15, 0.2) is 0 Å². The third kappa shape index (κ3) is 8.73. The van der Waals surface area contributed by atoms with Gasteiger partial charge in [-0.05, 0) is 27.2 Å². The molecule has 0 unspecified atom stereocenters. The molecule has 0 aromatic carbocycles. The van der Waals surface area contributed by atoms with E-state index in [0.717, 1.165) is 32.7 Å². The van der Waals surface area contributed by atoms with E-state index in [-0.39, 0.29) is 0 Å². The van der Waals surface area contributed by atoms with E-state index in [0.29, 0.717) is 0 Å². The minimum Gasteiger partial charge on any atom is -0.314 e. The van der Waals surface area contributed by atoms with E-state index in [2.05, 4.69) is 52.9 Å². The number of hydrogen-bond acceptors (Lipinski definition) is 5. The second kappa shape index (κ2) is 11.4. The Hall–Kier alpha value is -0.200. The summed E-state index contributed by atoms with van der Waals surface area (Å²) in [5.74, 6) is 0. The van der Waals surface area contributed by atoms with Gasteiger partial charge in [0, 0.05) is 65.4 Å². The van der Waals surface area contributed by atoms with Crippen LogP contribution >= 0.6 is 0 Å². The lowest BCUT2D eigenvalue weighted by molar-refractivity contribution is 0.123. The zero-order chi connectivity index (χ0) is 15.5. The third-order valence-corrected chi connectivity index (χ3v) is 4.62. The van der Waals surface area contributed by atoms with Crippen LogP contribution in [-0.4, -0.2) is 112 Å². The predicted octanol–water partition coefficient (Wildman–Crippen LogP) is 0.0970. The molecule has 0 atom stereocenters. The van der Waals surface area contributed by atoms with Crippen molar-refractivity contribution >= 4 is 0 Å². The largest absolute Gasteiger partial charge is 0.314 e. The van der Waals surface area contributed by atoms with Crippen LogP contribution in [0.3, 0.4) is 0 Å². The number of nitrogens with zero attached hydrogens (tertiary/aromatic N) is 4. The maximum Gasteiger partial charge on any atom is 0.0110 e. The van der Waals surface area contributed by atoms with Gasteiger partial charge < -0.3 is 15.1 Å². The standard InChI is InChI=1S/C16H37N5/c1-5-18(3)9-7-17-8-10-20-13-15-21(16-14-20)12-11-19(4)6-2/h17H,5-16H2,1-4H3. The van der Waals surface area contributed by atoms with Crippen LogP contribution in [0.1, 0.15) is 13.8 Å². The van der Waals surface area contributed by atoms with Crippen molar-refractivity contribution in [3.8, 4) is 0 Å². The average Bonchev–Trinajstić information content (AvgIpc) is 2.53. The Morgan fingerprint density at radius 3 is 1.86 bits per heavy atom. The molecule has 126 valence electrons. The SMILES string of the molecule is CCN(C)CCNCCN1CCN(CCN(C)CC)CC1. The minimum atomic E-state index is 1.10. The summed E-state index contributed by atoms with van der Waals surface area (Å²) >= 11 is 0. The molecule has 1 rings (SSSR count). The fourth-order valence-electron chi connectivity index (χ4n) is 2.50. The first-order chi connectivity index (χ1) is 10.2. The Bertz CT molecular complexity index is 238. The first-order valence-corrected chi connectivity index (χ1v) is 8.68. The second-order valence-corrected chi connectivity index (χ2v) is 6.23. The van der Waals surface area contributed by atoms with E-state index in [9.17, 15) is 0 Å². The molecule has 1 aliphatic rings. The van der Waals surface area contributed by atoms with Crippen molar-refractivity contribution in [2.45, 2.75) is 13.8 Å². The molecule has 0 spiro atoms. The molecule has 1 aliphatic heterocycles. The van der Waals surface area contributed by atoms with Gasteiger partial charge in [0.15, 0.2) is 0 Å². The van der Waals surface area contributed by atoms with Crippen molar-refractivity contribution in [2.24, 2.45) is 0 Å². The molecule has 0 aromatic heterocycles. The molecule has 5 heteroatoms. The predicted molar refractivity (Wildman–Crippen MR) is 92.1 cm³/mol. The number of likely N-dealkylation sites (N-methyl/N-ethyl adjacent to an activating group) is 2. The molecule has 0 saturated carbocycles. The van der Waals surface area contributed by atoms with Crippen molar-refractivity contribution in [1.29, 1.82) is 0 Å². The Morgan fingerprint density at radius 2 is 1.29 bits per heavy atom. The van der Waals surface area contributed by atoms with Gasteiger partial charge in [-0.1, -0.05) is 13.8 Å². The number of piperazine rings is 1.